The molecule has 99 heavy (non-hydrogen) atoms. The van der Waals surface area contributed by atoms with Gasteiger partial charge in [0, 0.05) is 75.0 Å². The third kappa shape index (κ3) is 9.38. The number of aromatic nitrogens is 7. The Morgan fingerprint density at radius 3 is 1.29 bits per heavy atom. The molecule has 0 radical (unpaired) electrons. The van der Waals surface area contributed by atoms with E-state index in [1.54, 1.807) is 22.7 Å². The summed E-state index contributed by atoms with van der Waals surface area (Å²) in [6, 6.07) is 112. The quantitative estimate of drug-likeness (QED) is 0.172. The van der Waals surface area contributed by atoms with E-state index in [1.165, 1.54) is 96.5 Å². The summed E-state index contributed by atoms with van der Waals surface area (Å²) in [5, 5.41) is 14.9. The van der Waals surface area contributed by atoms with Crippen molar-refractivity contribution in [1.82, 2.24) is 33.6 Å². The SMILES string of the molecule is Clc1nc2c(nc1-c1ccc3c(c1)c1ccccc1n3-c1ccccc1)sc1ccccc12.c1ccc(-n2c3ccccc3c3cc(-c4nc5sc6ccccc6c5nc4-n4c5ccccc5c5cc6ccccc6cc54)ccc32)cc1.c1ccc2c(c1)Cc1cc3ccccc3cc1-2. The van der Waals surface area contributed by atoms with E-state index in [0.717, 1.165) is 94.0 Å². The number of hydrogen-bond acceptors (Lipinski definition) is 6. The molecule has 464 valence electrons. The number of para-hydroxylation sites is 5. The Morgan fingerprint density at radius 1 is 0.283 bits per heavy atom. The van der Waals surface area contributed by atoms with Crippen LogP contribution in [0.4, 0.5) is 0 Å². The van der Waals surface area contributed by atoms with Crippen LogP contribution in [0.3, 0.4) is 0 Å². The molecule has 7 heterocycles. The van der Waals surface area contributed by atoms with Gasteiger partial charge in [-0.2, -0.15) is 0 Å². The summed E-state index contributed by atoms with van der Waals surface area (Å²) in [5.74, 6) is 0.837. The lowest BCUT2D eigenvalue weighted by molar-refractivity contribution is 1.09. The Bertz CT molecular complexity index is 6860. The van der Waals surface area contributed by atoms with E-state index >= 15 is 0 Å². The molecule has 7 aromatic heterocycles. The smallest absolute Gasteiger partial charge is 0.165 e. The third-order valence-electron chi connectivity index (χ3n) is 19.7. The predicted octanol–water partition coefficient (Wildman–Crippen LogP) is 24.5. The summed E-state index contributed by atoms with van der Waals surface area (Å²) in [7, 11) is 0. The lowest BCUT2D eigenvalue weighted by Crippen LogP contribution is -2.03. The van der Waals surface area contributed by atoms with Gasteiger partial charge in [0.1, 0.15) is 32.1 Å². The first-order valence-corrected chi connectivity index (χ1v) is 35.3. The molecule has 14 aromatic carbocycles. The van der Waals surface area contributed by atoms with Crippen molar-refractivity contribution in [1.29, 1.82) is 0 Å². The van der Waals surface area contributed by atoms with E-state index in [1.807, 2.05) is 18.2 Å². The van der Waals surface area contributed by atoms with Crippen molar-refractivity contribution < 1.29 is 0 Å². The molecule has 1 aliphatic rings. The maximum Gasteiger partial charge on any atom is 0.165 e. The average molecular weight is 1320 g/mol. The normalized spacial score (nSPS) is 12.1. The monoisotopic (exact) mass is 1320 g/mol. The number of fused-ring (bicyclic) bond motifs is 20. The fourth-order valence-corrected chi connectivity index (χ4v) is 17.5. The minimum Gasteiger partial charge on any atom is -0.309 e. The van der Waals surface area contributed by atoms with Gasteiger partial charge in [0.15, 0.2) is 11.0 Å². The van der Waals surface area contributed by atoms with Gasteiger partial charge in [-0.1, -0.05) is 230 Å². The van der Waals surface area contributed by atoms with Gasteiger partial charge in [-0.3, -0.25) is 4.57 Å². The second-order valence-electron chi connectivity index (χ2n) is 25.4. The number of halogens is 1. The molecule has 0 amide bonds. The summed E-state index contributed by atoms with van der Waals surface area (Å²) in [5.41, 5.74) is 20.3. The van der Waals surface area contributed by atoms with E-state index in [2.05, 4.69) is 311 Å². The maximum absolute atomic E-state index is 6.69. The molecule has 0 spiro atoms. The lowest BCUT2D eigenvalue weighted by Gasteiger charge is -2.13. The molecule has 7 nitrogen and oxygen atoms in total. The Kier molecular flexibility index (Phi) is 13.3. The highest BCUT2D eigenvalue weighted by atomic mass is 35.5. The van der Waals surface area contributed by atoms with Gasteiger partial charge in [-0.15, -0.1) is 22.7 Å². The number of rotatable bonds is 5. The van der Waals surface area contributed by atoms with E-state index < -0.39 is 0 Å². The van der Waals surface area contributed by atoms with Gasteiger partial charge in [0.2, 0.25) is 0 Å². The summed E-state index contributed by atoms with van der Waals surface area (Å²) in [6.45, 7) is 0. The van der Waals surface area contributed by atoms with E-state index in [9.17, 15) is 0 Å². The second kappa shape index (κ2) is 23.0. The molecule has 0 atom stereocenters. The summed E-state index contributed by atoms with van der Waals surface area (Å²) < 4.78 is 9.35. The molecule has 0 bridgehead atoms. The Hall–Kier alpha value is -12.1. The van der Waals surface area contributed by atoms with E-state index in [-0.39, 0.29) is 0 Å². The molecule has 22 rings (SSSR count). The van der Waals surface area contributed by atoms with Crippen LogP contribution in [0.25, 0.3) is 179 Å². The molecule has 0 saturated carbocycles. The topological polar surface area (TPSA) is 66.3 Å². The first kappa shape index (κ1) is 57.2. The Morgan fingerprint density at radius 2 is 0.707 bits per heavy atom. The largest absolute Gasteiger partial charge is 0.309 e. The zero-order chi connectivity index (χ0) is 65.2. The van der Waals surface area contributed by atoms with Gasteiger partial charge in [0.05, 0.1) is 33.1 Å². The van der Waals surface area contributed by atoms with Crippen molar-refractivity contribution in [3.63, 3.8) is 0 Å². The number of hydrogen-bond donors (Lipinski definition) is 0. The minimum absolute atomic E-state index is 0.428. The molecule has 21 aromatic rings. The highest BCUT2D eigenvalue weighted by Gasteiger charge is 2.25. The molecule has 0 N–H and O–H groups in total. The summed E-state index contributed by atoms with van der Waals surface area (Å²) in [6.07, 6.45) is 1.08. The van der Waals surface area contributed by atoms with Crippen LogP contribution in [0.1, 0.15) is 11.1 Å². The van der Waals surface area contributed by atoms with Gasteiger partial charge in [-0.05, 0) is 147 Å². The van der Waals surface area contributed by atoms with Crippen molar-refractivity contribution in [2.24, 2.45) is 0 Å². The minimum atomic E-state index is 0.428. The van der Waals surface area contributed by atoms with E-state index in [0.29, 0.717) is 10.8 Å². The zero-order valence-electron chi connectivity index (χ0n) is 53.1. The van der Waals surface area contributed by atoms with Crippen LogP contribution in [0, 0.1) is 0 Å². The zero-order valence-corrected chi connectivity index (χ0v) is 55.4. The molecule has 0 fully saturated rings. The predicted molar refractivity (Wildman–Crippen MR) is 418 cm³/mol. The molecular formula is C89H54ClN7S2. The molecule has 0 unspecified atom stereocenters. The molecule has 0 saturated heterocycles. The van der Waals surface area contributed by atoms with Gasteiger partial charge in [0.25, 0.3) is 0 Å². The molecular weight excluding hydrogens is 1270 g/mol. The van der Waals surface area contributed by atoms with E-state index in [4.69, 9.17) is 31.5 Å². The standard InChI is InChI=1S/C44H26N4S.C28H16ClN3S.C17H12/c1-2-14-30(15-3-1)47-36-19-9-6-16-31(36)34-25-29(22-23-38(34)47)41-43(45-42-33-18-8-11-21-40(33)49-44(42)46-41)48-37-20-10-7-17-32(37)35-24-27-12-4-5-13-28(27)26-39(35)48;29-27-25(31-28-26(30-27)20-11-5-7-13-24(20)33-28)17-14-15-23-21(16-17)19-10-4-6-12-22(19)32(23)18-8-2-1-3-9-18;1-2-6-13-11-17-15(9-12(13)5-1)10-14-7-3-4-8-16(14)17/h1-26H;1-16H;1-9,11H,10H2. The second-order valence-corrected chi connectivity index (χ2v) is 27.8. The summed E-state index contributed by atoms with van der Waals surface area (Å²) >= 11 is 10.0. The Balaban J connectivity index is 0.000000113. The van der Waals surface area contributed by atoms with Gasteiger partial charge in [-0.25, -0.2) is 19.9 Å². The first-order chi connectivity index (χ1) is 49.0. The average Bonchev–Trinajstić information content (AvgIpc) is 1.58. The van der Waals surface area contributed by atoms with Crippen LogP contribution in [0.15, 0.2) is 315 Å². The number of nitrogens with zero attached hydrogens (tertiary/aromatic N) is 7. The van der Waals surface area contributed by atoms with Gasteiger partial charge < -0.3 is 9.13 Å². The lowest BCUT2D eigenvalue weighted by atomic mass is 10.0. The fourth-order valence-electron chi connectivity index (χ4n) is 15.2. The van der Waals surface area contributed by atoms with Crippen LogP contribution < -0.4 is 0 Å². The number of thiophene rings is 2. The van der Waals surface area contributed by atoms with Gasteiger partial charge >= 0.3 is 0 Å². The molecule has 0 aliphatic heterocycles. The van der Waals surface area contributed by atoms with Crippen molar-refractivity contribution in [3.05, 3.63) is 332 Å². The molecule has 1 aliphatic carbocycles. The third-order valence-corrected chi connectivity index (χ3v) is 22.1. The number of benzene rings is 14. The highest BCUT2D eigenvalue weighted by molar-refractivity contribution is 7.25. The van der Waals surface area contributed by atoms with Crippen molar-refractivity contribution >= 4 is 162 Å². The van der Waals surface area contributed by atoms with Crippen LogP contribution >= 0.6 is 34.3 Å². The highest BCUT2D eigenvalue weighted by Crippen LogP contribution is 2.45. The van der Waals surface area contributed by atoms with Crippen molar-refractivity contribution in [2.75, 3.05) is 0 Å². The van der Waals surface area contributed by atoms with Crippen molar-refractivity contribution in [2.45, 2.75) is 6.42 Å². The first-order valence-electron chi connectivity index (χ1n) is 33.2. The van der Waals surface area contributed by atoms with Crippen LogP contribution in [0.2, 0.25) is 5.15 Å². The molecule has 10 heteroatoms. The van der Waals surface area contributed by atoms with Crippen molar-refractivity contribution in [3.8, 4) is 50.8 Å². The fraction of sp³-hybridized carbons (Fsp3) is 0.0112. The van der Waals surface area contributed by atoms with Crippen LogP contribution in [-0.2, 0) is 6.42 Å². The van der Waals surface area contributed by atoms with Crippen LogP contribution in [-0.4, -0.2) is 33.6 Å². The Labute approximate surface area is 580 Å². The maximum atomic E-state index is 6.69. The van der Waals surface area contributed by atoms with Crippen LogP contribution in [0.5, 0.6) is 0 Å². The summed E-state index contributed by atoms with van der Waals surface area (Å²) in [4.78, 5) is 22.6.